The number of carbonyl (C=O) groups is 1. The molecule has 0 heterocycles. The Morgan fingerprint density at radius 2 is 2.28 bits per heavy atom. The summed E-state index contributed by atoms with van der Waals surface area (Å²) in [6, 6.07) is 3.72. The van der Waals surface area contributed by atoms with Crippen molar-refractivity contribution >= 4 is 5.91 Å². The van der Waals surface area contributed by atoms with Crippen LogP contribution in [0.3, 0.4) is 0 Å². The highest BCUT2D eigenvalue weighted by molar-refractivity contribution is 5.81. The van der Waals surface area contributed by atoms with Crippen LogP contribution in [0.2, 0.25) is 0 Å². The number of halogens is 1. The van der Waals surface area contributed by atoms with Crippen molar-refractivity contribution in [2.75, 3.05) is 0 Å². The third-order valence-electron chi connectivity index (χ3n) is 2.96. The van der Waals surface area contributed by atoms with Gasteiger partial charge in [-0.2, -0.15) is 0 Å². The van der Waals surface area contributed by atoms with Crippen molar-refractivity contribution in [3.8, 4) is 5.75 Å². The highest BCUT2D eigenvalue weighted by Crippen LogP contribution is 2.19. The Balaban J connectivity index is 1.85. The predicted octanol–water partition coefficient (Wildman–Crippen LogP) is 1.29. The van der Waals surface area contributed by atoms with Crippen LogP contribution in [0.5, 0.6) is 5.75 Å². The number of amides is 1. The van der Waals surface area contributed by atoms with Gasteiger partial charge in [0, 0.05) is 18.2 Å². The van der Waals surface area contributed by atoms with E-state index in [9.17, 15) is 14.3 Å². The third kappa shape index (κ3) is 3.43. The average molecular weight is 252 g/mol. The SMILES string of the molecule is CC(NCc1cc(F)ccc1O)C(=O)NC1CC1. The molecular weight excluding hydrogens is 235 g/mol. The van der Waals surface area contributed by atoms with Gasteiger partial charge in [0.25, 0.3) is 0 Å². The number of benzene rings is 1. The number of rotatable bonds is 5. The van der Waals surface area contributed by atoms with Crippen LogP contribution in [-0.2, 0) is 11.3 Å². The third-order valence-corrected chi connectivity index (χ3v) is 2.96. The van der Waals surface area contributed by atoms with Gasteiger partial charge in [0.2, 0.25) is 5.91 Å². The number of phenolic OH excluding ortho intramolecular Hbond substituents is 1. The van der Waals surface area contributed by atoms with Gasteiger partial charge in [0.1, 0.15) is 11.6 Å². The molecule has 0 bridgehead atoms. The molecule has 0 radical (unpaired) electrons. The number of phenols is 1. The molecule has 1 fully saturated rings. The summed E-state index contributed by atoms with van der Waals surface area (Å²) < 4.78 is 13.0. The van der Waals surface area contributed by atoms with Crippen molar-refractivity contribution in [2.24, 2.45) is 0 Å². The largest absolute Gasteiger partial charge is 0.508 e. The lowest BCUT2D eigenvalue weighted by molar-refractivity contribution is -0.122. The van der Waals surface area contributed by atoms with Crippen molar-refractivity contribution in [3.63, 3.8) is 0 Å². The van der Waals surface area contributed by atoms with E-state index in [-0.39, 0.29) is 24.2 Å². The van der Waals surface area contributed by atoms with Gasteiger partial charge in [-0.25, -0.2) is 4.39 Å². The molecule has 1 amide bonds. The summed E-state index contributed by atoms with van der Waals surface area (Å²) in [5, 5.41) is 15.4. The van der Waals surface area contributed by atoms with Gasteiger partial charge in [-0.3, -0.25) is 4.79 Å². The Kier molecular flexibility index (Phi) is 3.81. The molecule has 4 nitrogen and oxygen atoms in total. The minimum Gasteiger partial charge on any atom is -0.508 e. The fourth-order valence-electron chi connectivity index (χ4n) is 1.61. The Morgan fingerprint density at radius 1 is 1.56 bits per heavy atom. The second kappa shape index (κ2) is 5.35. The first-order valence-electron chi connectivity index (χ1n) is 6.07. The second-order valence-corrected chi connectivity index (χ2v) is 4.66. The molecule has 1 unspecified atom stereocenters. The first-order valence-corrected chi connectivity index (χ1v) is 6.07. The summed E-state index contributed by atoms with van der Waals surface area (Å²) in [5.41, 5.74) is 0.445. The molecule has 0 aromatic heterocycles. The van der Waals surface area contributed by atoms with Crippen LogP contribution in [-0.4, -0.2) is 23.1 Å². The molecule has 5 heteroatoms. The first-order chi connectivity index (χ1) is 8.56. The molecule has 1 aromatic carbocycles. The van der Waals surface area contributed by atoms with E-state index < -0.39 is 5.82 Å². The summed E-state index contributed by atoms with van der Waals surface area (Å²) in [5.74, 6) is -0.438. The van der Waals surface area contributed by atoms with Crippen molar-refractivity contribution in [1.29, 1.82) is 0 Å². The zero-order valence-corrected chi connectivity index (χ0v) is 10.2. The molecule has 0 aliphatic heterocycles. The maximum atomic E-state index is 13.0. The van der Waals surface area contributed by atoms with Gasteiger partial charge in [-0.15, -0.1) is 0 Å². The van der Waals surface area contributed by atoms with Crippen LogP contribution in [0.4, 0.5) is 4.39 Å². The first kappa shape index (κ1) is 12.8. The molecule has 1 aliphatic carbocycles. The lowest BCUT2D eigenvalue weighted by atomic mass is 10.2. The highest BCUT2D eigenvalue weighted by atomic mass is 19.1. The molecule has 1 atom stereocenters. The van der Waals surface area contributed by atoms with Crippen molar-refractivity contribution in [3.05, 3.63) is 29.6 Å². The fourth-order valence-corrected chi connectivity index (χ4v) is 1.61. The quantitative estimate of drug-likeness (QED) is 0.740. The van der Waals surface area contributed by atoms with E-state index in [0.717, 1.165) is 12.8 Å². The maximum absolute atomic E-state index is 13.0. The topological polar surface area (TPSA) is 61.4 Å². The van der Waals surface area contributed by atoms with E-state index in [1.54, 1.807) is 6.92 Å². The van der Waals surface area contributed by atoms with Gasteiger partial charge >= 0.3 is 0 Å². The van der Waals surface area contributed by atoms with Crippen LogP contribution in [0.15, 0.2) is 18.2 Å². The van der Waals surface area contributed by atoms with Gasteiger partial charge < -0.3 is 15.7 Å². The molecule has 0 saturated heterocycles. The van der Waals surface area contributed by atoms with Crippen molar-refractivity contribution in [2.45, 2.75) is 38.4 Å². The van der Waals surface area contributed by atoms with E-state index >= 15 is 0 Å². The number of carbonyl (C=O) groups excluding carboxylic acids is 1. The normalized spacial score (nSPS) is 16.3. The lowest BCUT2D eigenvalue weighted by Gasteiger charge is -2.14. The van der Waals surface area contributed by atoms with Gasteiger partial charge in [-0.1, -0.05) is 0 Å². The molecule has 1 aromatic rings. The molecule has 1 saturated carbocycles. The predicted molar refractivity (Wildman–Crippen MR) is 65.5 cm³/mol. The standard InChI is InChI=1S/C13H17FN2O2/c1-8(13(18)16-11-3-4-11)15-7-9-6-10(14)2-5-12(9)17/h2,5-6,8,11,15,17H,3-4,7H2,1H3,(H,16,18). The minimum atomic E-state index is -0.403. The monoisotopic (exact) mass is 252 g/mol. The van der Waals surface area contributed by atoms with E-state index in [0.29, 0.717) is 11.6 Å². The number of hydrogen-bond acceptors (Lipinski definition) is 3. The molecule has 3 N–H and O–H groups in total. The molecule has 0 spiro atoms. The van der Waals surface area contributed by atoms with E-state index in [2.05, 4.69) is 10.6 Å². The maximum Gasteiger partial charge on any atom is 0.237 e. The highest BCUT2D eigenvalue weighted by Gasteiger charge is 2.25. The van der Waals surface area contributed by atoms with Crippen molar-refractivity contribution < 1.29 is 14.3 Å². The van der Waals surface area contributed by atoms with Crippen LogP contribution in [0.1, 0.15) is 25.3 Å². The van der Waals surface area contributed by atoms with Gasteiger partial charge in [-0.05, 0) is 38.0 Å². The molecule has 18 heavy (non-hydrogen) atoms. The van der Waals surface area contributed by atoms with Gasteiger partial charge in [0.05, 0.1) is 6.04 Å². The molecular formula is C13H17FN2O2. The summed E-state index contributed by atoms with van der Waals surface area (Å²) in [6.07, 6.45) is 2.09. The zero-order valence-electron chi connectivity index (χ0n) is 10.2. The number of nitrogens with one attached hydrogen (secondary N) is 2. The Hall–Kier alpha value is -1.62. The number of hydrogen-bond donors (Lipinski definition) is 3. The van der Waals surface area contributed by atoms with Crippen LogP contribution in [0, 0.1) is 5.82 Å². The lowest BCUT2D eigenvalue weighted by Crippen LogP contribution is -2.42. The fraction of sp³-hybridized carbons (Fsp3) is 0.462. The average Bonchev–Trinajstić information content (AvgIpc) is 3.13. The summed E-state index contributed by atoms with van der Waals surface area (Å²) in [6.45, 7) is 2.00. The molecule has 98 valence electrons. The summed E-state index contributed by atoms with van der Waals surface area (Å²) in [4.78, 5) is 11.7. The zero-order chi connectivity index (χ0) is 13.1. The molecule has 2 rings (SSSR count). The van der Waals surface area contributed by atoms with Crippen molar-refractivity contribution in [1.82, 2.24) is 10.6 Å². The summed E-state index contributed by atoms with van der Waals surface area (Å²) in [7, 11) is 0. The van der Waals surface area contributed by atoms with E-state index in [4.69, 9.17) is 0 Å². The van der Waals surface area contributed by atoms with Crippen LogP contribution < -0.4 is 10.6 Å². The Bertz CT molecular complexity index is 447. The van der Waals surface area contributed by atoms with Gasteiger partial charge in [0.15, 0.2) is 0 Å². The van der Waals surface area contributed by atoms with Crippen LogP contribution in [0.25, 0.3) is 0 Å². The Morgan fingerprint density at radius 3 is 2.94 bits per heavy atom. The smallest absolute Gasteiger partial charge is 0.237 e. The summed E-state index contributed by atoms with van der Waals surface area (Å²) >= 11 is 0. The second-order valence-electron chi connectivity index (χ2n) is 4.66. The van der Waals surface area contributed by atoms with E-state index in [1.807, 2.05) is 0 Å². The Labute approximate surface area is 105 Å². The number of aromatic hydroxyl groups is 1. The minimum absolute atomic E-state index is 0.0266. The van der Waals surface area contributed by atoms with E-state index in [1.165, 1.54) is 18.2 Å². The molecule has 1 aliphatic rings. The van der Waals surface area contributed by atoms with Crippen LogP contribution >= 0.6 is 0 Å².